The molecule has 100 valence electrons. The molecule has 0 saturated carbocycles. The van der Waals surface area contributed by atoms with Crippen molar-refractivity contribution < 1.29 is 9.90 Å². The van der Waals surface area contributed by atoms with E-state index in [1.807, 2.05) is 19.9 Å². The monoisotopic (exact) mass is 277 g/mol. The molecule has 5 nitrogen and oxygen atoms in total. The number of likely N-dealkylation sites (N-methyl/N-ethyl adjacent to an activating group) is 1. The van der Waals surface area contributed by atoms with Crippen LogP contribution in [0.2, 0.25) is 0 Å². The Morgan fingerprint density at radius 2 is 2.16 bits per heavy atom. The molecule has 1 unspecified atom stereocenters. The van der Waals surface area contributed by atoms with Crippen LogP contribution in [0.4, 0.5) is 5.13 Å². The molecule has 1 amide bonds. The van der Waals surface area contributed by atoms with Crippen LogP contribution in [0.1, 0.15) is 23.4 Å². The van der Waals surface area contributed by atoms with Gasteiger partial charge in [0.15, 0.2) is 0 Å². The lowest BCUT2D eigenvalue weighted by Crippen LogP contribution is -2.30. The van der Waals surface area contributed by atoms with E-state index in [1.165, 1.54) is 16.2 Å². The molecule has 1 aromatic carbocycles. The van der Waals surface area contributed by atoms with Crippen LogP contribution in [0.3, 0.4) is 0 Å². The van der Waals surface area contributed by atoms with E-state index in [2.05, 4.69) is 10.2 Å². The van der Waals surface area contributed by atoms with Gasteiger partial charge in [-0.2, -0.15) is 0 Å². The first-order valence-electron chi connectivity index (χ1n) is 5.85. The SMILES string of the molecule is Cc1nnc(N(C)C(=O)C(C)c2cccc(O)c2)s1. The number of aromatic hydroxyl groups is 1. The molecule has 1 atom stereocenters. The highest BCUT2D eigenvalue weighted by Gasteiger charge is 2.22. The highest BCUT2D eigenvalue weighted by Crippen LogP contribution is 2.25. The average molecular weight is 277 g/mol. The van der Waals surface area contributed by atoms with Gasteiger partial charge in [0, 0.05) is 7.05 Å². The Morgan fingerprint density at radius 1 is 1.42 bits per heavy atom. The first-order valence-corrected chi connectivity index (χ1v) is 6.67. The predicted molar refractivity (Wildman–Crippen MR) is 74.6 cm³/mol. The van der Waals surface area contributed by atoms with E-state index in [0.29, 0.717) is 5.13 Å². The van der Waals surface area contributed by atoms with E-state index in [0.717, 1.165) is 10.6 Å². The van der Waals surface area contributed by atoms with E-state index < -0.39 is 0 Å². The standard InChI is InChI=1S/C13H15N3O2S/c1-8(10-5-4-6-11(17)7-10)12(18)16(3)13-15-14-9(2)19-13/h4-8,17H,1-3H3. The summed E-state index contributed by atoms with van der Waals surface area (Å²) in [6.07, 6.45) is 0. The summed E-state index contributed by atoms with van der Waals surface area (Å²) in [5, 5.41) is 18.7. The van der Waals surface area contributed by atoms with Crippen LogP contribution in [-0.2, 0) is 4.79 Å². The normalized spacial score (nSPS) is 12.2. The Labute approximate surface area is 115 Å². The number of hydrogen-bond acceptors (Lipinski definition) is 5. The van der Waals surface area contributed by atoms with Crippen molar-refractivity contribution in [1.29, 1.82) is 0 Å². The Bertz CT molecular complexity index is 597. The Balaban J connectivity index is 2.19. The maximum Gasteiger partial charge on any atom is 0.235 e. The van der Waals surface area contributed by atoms with Crippen molar-refractivity contribution in [2.75, 3.05) is 11.9 Å². The number of nitrogens with zero attached hydrogens (tertiary/aromatic N) is 3. The van der Waals surface area contributed by atoms with Crippen molar-refractivity contribution in [3.63, 3.8) is 0 Å². The number of anilines is 1. The lowest BCUT2D eigenvalue weighted by Gasteiger charge is -2.18. The third-order valence-corrected chi connectivity index (χ3v) is 3.79. The third kappa shape index (κ3) is 2.90. The Morgan fingerprint density at radius 3 is 2.74 bits per heavy atom. The Kier molecular flexibility index (Phi) is 3.80. The van der Waals surface area contributed by atoms with Crippen LogP contribution in [0.25, 0.3) is 0 Å². The fraction of sp³-hybridized carbons (Fsp3) is 0.308. The van der Waals surface area contributed by atoms with Gasteiger partial charge >= 0.3 is 0 Å². The molecular formula is C13H15N3O2S. The molecule has 0 fully saturated rings. The van der Waals surface area contributed by atoms with Gasteiger partial charge in [-0.3, -0.25) is 9.69 Å². The summed E-state index contributed by atoms with van der Waals surface area (Å²) < 4.78 is 0. The molecule has 0 bridgehead atoms. The Hall–Kier alpha value is -1.95. The molecule has 2 rings (SSSR count). The number of phenols is 1. The van der Waals surface area contributed by atoms with Crippen LogP contribution in [0.5, 0.6) is 5.75 Å². The van der Waals surface area contributed by atoms with E-state index in [9.17, 15) is 9.90 Å². The second kappa shape index (κ2) is 5.36. The highest BCUT2D eigenvalue weighted by molar-refractivity contribution is 7.15. The van der Waals surface area contributed by atoms with Gasteiger partial charge < -0.3 is 5.11 Å². The maximum atomic E-state index is 12.3. The fourth-order valence-corrected chi connectivity index (χ4v) is 2.40. The minimum atomic E-state index is -0.346. The van der Waals surface area contributed by atoms with Crippen LogP contribution < -0.4 is 4.90 Å². The van der Waals surface area contributed by atoms with Crippen LogP contribution >= 0.6 is 11.3 Å². The summed E-state index contributed by atoms with van der Waals surface area (Å²) in [7, 11) is 1.68. The van der Waals surface area contributed by atoms with Crippen LogP contribution in [0, 0.1) is 6.92 Å². The van der Waals surface area contributed by atoms with Crippen molar-refractivity contribution in [3.05, 3.63) is 34.8 Å². The minimum absolute atomic E-state index is 0.0817. The van der Waals surface area contributed by atoms with E-state index in [4.69, 9.17) is 0 Å². The van der Waals surface area contributed by atoms with Gasteiger partial charge in [0.25, 0.3) is 0 Å². The molecule has 1 N–H and O–H groups in total. The number of aryl methyl sites for hydroxylation is 1. The first kappa shape index (κ1) is 13.5. The van der Waals surface area contributed by atoms with Gasteiger partial charge in [-0.15, -0.1) is 10.2 Å². The molecule has 0 aliphatic rings. The number of carbonyl (C=O) groups excluding carboxylic acids is 1. The number of benzene rings is 1. The summed E-state index contributed by atoms with van der Waals surface area (Å²) in [6.45, 7) is 3.65. The second-order valence-corrected chi connectivity index (χ2v) is 5.48. The van der Waals surface area contributed by atoms with Gasteiger partial charge in [-0.1, -0.05) is 23.5 Å². The molecule has 0 aliphatic carbocycles. The van der Waals surface area contributed by atoms with Crippen LogP contribution in [-0.4, -0.2) is 28.3 Å². The van der Waals surface area contributed by atoms with Crippen molar-refractivity contribution in [2.24, 2.45) is 0 Å². The molecule has 0 spiro atoms. The topological polar surface area (TPSA) is 66.3 Å². The van der Waals surface area contributed by atoms with Crippen molar-refractivity contribution in [2.45, 2.75) is 19.8 Å². The molecule has 0 radical (unpaired) electrons. The molecule has 19 heavy (non-hydrogen) atoms. The number of phenolic OH excluding ortho intramolecular Hbond substituents is 1. The van der Waals surface area contributed by atoms with Crippen molar-refractivity contribution in [1.82, 2.24) is 10.2 Å². The summed E-state index contributed by atoms with van der Waals surface area (Å²) in [4.78, 5) is 13.8. The molecule has 6 heteroatoms. The zero-order valence-corrected chi connectivity index (χ0v) is 11.8. The number of carbonyl (C=O) groups is 1. The molecule has 0 saturated heterocycles. The van der Waals surface area contributed by atoms with E-state index >= 15 is 0 Å². The third-order valence-electron chi connectivity index (χ3n) is 2.87. The van der Waals surface area contributed by atoms with Gasteiger partial charge in [0.1, 0.15) is 10.8 Å². The van der Waals surface area contributed by atoms with Crippen molar-refractivity contribution in [3.8, 4) is 5.75 Å². The summed E-state index contributed by atoms with van der Waals surface area (Å²) >= 11 is 1.37. The number of hydrogen-bond donors (Lipinski definition) is 1. The lowest BCUT2D eigenvalue weighted by molar-refractivity contribution is -0.119. The van der Waals surface area contributed by atoms with Gasteiger partial charge in [0.05, 0.1) is 5.92 Å². The van der Waals surface area contributed by atoms with E-state index in [1.54, 1.807) is 25.2 Å². The fourth-order valence-electron chi connectivity index (χ4n) is 1.74. The average Bonchev–Trinajstić information content (AvgIpc) is 2.83. The molecule has 1 aromatic heterocycles. The molecule has 1 heterocycles. The summed E-state index contributed by atoms with van der Waals surface area (Å²) in [6, 6.07) is 6.73. The predicted octanol–water partition coefficient (Wildman–Crippen LogP) is 2.32. The molecular weight excluding hydrogens is 262 g/mol. The van der Waals surface area contributed by atoms with Crippen LogP contribution in [0.15, 0.2) is 24.3 Å². The number of aromatic nitrogens is 2. The zero-order chi connectivity index (χ0) is 14.0. The second-order valence-electron chi connectivity index (χ2n) is 4.32. The highest BCUT2D eigenvalue weighted by atomic mass is 32.1. The largest absolute Gasteiger partial charge is 0.508 e. The minimum Gasteiger partial charge on any atom is -0.508 e. The summed E-state index contributed by atoms with van der Waals surface area (Å²) in [5.41, 5.74) is 0.776. The van der Waals surface area contributed by atoms with Crippen molar-refractivity contribution >= 4 is 22.4 Å². The smallest absolute Gasteiger partial charge is 0.235 e. The van der Waals surface area contributed by atoms with Gasteiger partial charge in [0.2, 0.25) is 11.0 Å². The number of amides is 1. The first-order chi connectivity index (χ1) is 8.99. The quantitative estimate of drug-likeness (QED) is 0.935. The lowest BCUT2D eigenvalue weighted by atomic mass is 10.00. The van der Waals surface area contributed by atoms with E-state index in [-0.39, 0.29) is 17.6 Å². The maximum absolute atomic E-state index is 12.3. The zero-order valence-electron chi connectivity index (χ0n) is 11.0. The van der Waals surface area contributed by atoms with Gasteiger partial charge in [-0.25, -0.2) is 0 Å². The van der Waals surface area contributed by atoms with Gasteiger partial charge in [-0.05, 0) is 31.5 Å². The molecule has 0 aliphatic heterocycles. The number of rotatable bonds is 3. The summed E-state index contributed by atoms with van der Waals surface area (Å²) in [5.74, 6) is -0.269. The molecule has 2 aromatic rings.